The van der Waals surface area contributed by atoms with Gasteiger partial charge in [0.25, 0.3) is 0 Å². The second-order valence-electron chi connectivity index (χ2n) is 20.4. The fourth-order valence-electron chi connectivity index (χ4n) is 5.74. The largest absolute Gasteiger partial charge is 0.0865 e. The maximum absolute atomic E-state index is 10.2. The van der Waals surface area contributed by atoms with E-state index in [1.807, 2.05) is 329 Å². The van der Waals surface area contributed by atoms with Crippen molar-refractivity contribution in [1.82, 2.24) is 0 Å². The number of hydrogen-bond acceptors (Lipinski definition) is 18. The van der Waals surface area contributed by atoms with E-state index in [9.17, 15) is 16.9 Å². The van der Waals surface area contributed by atoms with Crippen molar-refractivity contribution in [2.45, 2.75) is 0 Å². The number of benzene rings is 12. The fourth-order valence-corrected chi connectivity index (χ4v) is 9.00. The summed E-state index contributed by atoms with van der Waals surface area (Å²) in [6, 6.07) is 124. The minimum Gasteiger partial charge on any atom is -0.0620 e. The molecule has 624 valence electrons. The van der Waals surface area contributed by atoms with Crippen LogP contribution >= 0.6 is 111 Å². The molecule has 0 N–H and O–H groups in total. The van der Waals surface area contributed by atoms with Gasteiger partial charge in [0.05, 0.1) is 63.7 Å². The molecule has 12 aromatic carbocycles. The molecule has 12 unspecified atom stereocenters. The molecule has 0 aromatic heterocycles. The fraction of sp³-hybridized carbons (Fsp3) is 0. The van der Waals surface area contributed by atoms with E-state index < -0.39 is 121 Å². The summed E-state index contributed by atoms with van der Waals surface area (Å²) in [4.78, 5) is 0. The van der Waals surface area contributed by atoms with E-state index in [-0.39, 0.29) is 0 Å². The summed E-state index contributed by atoms with van der Waals surface area (Å²) in [5, 5.41) is 16.2. The van der Waals surface area contributed by atoms with Gasteiger partial charge in [-0.2, -0.15) is 0 Å². The average molecular weight is 2470 g/mol. The molecule has 42 heteroatoms. The molecular weight excluding hydrogens is 2370 g/mol. The summed E-state index contributed by atoms with van der Waals surface area (Å²) in [6.45, 7) is 0. The molecule has 0 spiro atoms. The first-order valence-electron chi connectivity index (χ1n) is 31.5. The van der Waals surface area contributed by atoms with E-state index in [1.54, 1.807) is 0 Å². The van der Waals surface area contributed by atoms with Gasteiger partial charge in [-0.25, -0.2) is 0 Å². The first-order chi connectivity index (χ1) is 52.7. The number of hydrogen-bond donors (Lipinski definition) is 0. The summed E-state index contributed by atoms with van der Waals surface area (Å²) < 4.78 is 215. The summed E-state index contributed by atoms with van der Waals surface area (Å²) in [6.07, 6.45) is 0. The summed E-state index contributed by atoms with van der Waals surface area (Å²) in [5.74, 6) is 0. The summed E-state index contributed by atoms with van der Waals surface area (Å²) >= 11 is -38.1. The quantitative estimate of drug-likeness (QED) is 0.0801. The van der Waals surface area contributed by atoms with Crippen LogP contribution in [0.5, 0.6) is 0 Å². The van der Waals surface area contributed by atoms with Crippen LogP contribution in [0.1, 0.15) is 0 Å². The zero-order valence-electron chi connectivity index (χ0n) is 61.4. The van der Waals surface area contributed by atoms with Crippen molar-refractivity contribution in [2.75, 3.05) is 0 Å². The van der Waals surface area contributed by atoms with Crippen molar-refractivity contribution in [3.8, 4) is 0 Å². The van der Waals surface area contributed by atoms with Crippen LogP contribution in [0, 0.1) is 0 Å². The predicted octanol–water partition coefficient (Wildman–Crippen LogP) is -3.71. The first kappa shape index (κ1) is 123. The van der Waals surface area contributed by atoms with Crippen LogP contribution < -0.4 is 104 Å². The van der Waals surface area contributed by atoms with Gasteiger partial charge in [-0.1, -0.05) is 218 Å². The van der Waals surface area contributed by atoms with E-state index >= 15 is 0 Å². The predicted molar refractivity (Wildman–Crippen MR) is 491 cm³/mol. The van der Waals surface area contributed by atoms with Gasteiger partial charge in [0.1, 0.15) is 0 Å². The normalized spacial score (nSPS) is 9.84. The first-order valence-corrected chi connectivity index (χ1v) is 64.5. The van der Waals surface area contributed by atoms with Crippen molar-refractivity contribution in [3.63, 3.8) is 0 Å². The Balaban J connectivity index is -0.000000271. The van der Waals surface area contributed by atoms with Crippen molar-refractivity contribution >= 4 is 296 Å². The molecule has 12 aromatic rings. The molecule has 12 rings (SSSR count). The molecule has 0 saturated carbocycles. The Kier molecular flexibility index (Phi) is 86.7. The van der Waals surface area contributed by atoms with Gasteiger partial charge in [0.2, 0.25) is 0 Å². The van der Waals surface area contributed by atoms with E-state index in [1.165, 1.54) is 63.7 Å². The van der Waals surface area contributed by atoms with Crippen LogP contribution in [-0.2, 0) is 18.1 Å². The molecular formula is C72H96F6O18P12Sb6. The molecule has 0 aliphatic heterocycles. The van der Waals surface area contributed by atoms with Gasteiger partial charge < -0.3 is 0 Å². The van der Waals surface area contributed by atoms with Gasteiger partial charge in [-0.3, -0.25) is 0 Å². The second kappa shape index (κ2) is 80.0. The molecule has 0 heterocycles. The Labute approximate surface area is 726 Å². The van der Waals surface area contributed by atoms with Gasteiger partial charge in [0, 0.05) is 111 Å². The van der Waals surface area contributed by atoms with Crippen LogP contribution in [0.3, 0.4) is 0 Å². The van der Waals surface area contributed by atoms with Crippen molar-refractivity contribution < 1.29 is 75.6 Å². The van der Waals surface area contributed by atoms with Crippen LogP contribution in [0.4, 0.5) is 16.9 Å². The zero-order chi connectivity index (χ0) is 88.4. The van der Waals surface area contributed by atoms with Crippen LogP contribution in [0.25, 0.3) is 0 Å². The Morgan fingerprint density at radius 2 is 0.167 bits per heavy atom. The van der Waals surface area contributed by atoms with E-state index in [0.717, 1.165) is 0 Å². The smallest absolute Gasteiger partial charge is 0.0620 e. The van der Waals surface area contributed by atoms with Gasteiger partial charge in [0.15, 0.2) is 0 Å². The molecule has 0 aliphatic carbocycles. The van der Waals surface area contributed by atoms with Crippen molar-refractivity contribution in [2.24, 2.45) is 0 Å². The third kappa shape index (κ3) is 148. The standard InChI is InChI=1S/12C6H7P.6FH.18O.6Sb/c12*7-6-4-2-1-3-5-6;;;;;;;;;;;;;;;;;;;;;;;;;;;;;;/h12*1-5H,7H2;6*1H;;;;;;;;;;;;;;;;;;;;;;;;/q;;;;;;;;;;;;;;;;;;;;;;;;12*-1;6*+1/p+6. The Morgan fingerprint density at radius 1 is 0.132 bits per heavy atom. The molecule has 18 nitrogen and oxygen atoms in total. The van der Waals surface area contributed by atoms with Crippen LogP contribution in [0.15, 0.2) is 364 Å². The van der Waals surface area contributed by atoms with Crippen molar-refractivity contribution in [3.05, 3.63) is 364 Å². The number of rotatable bonds is 0. The SMILES string of the molecule is [O]=[Sb]([O-])([O-])[F].[O]=[Sb]([O-])([O-])[F].[O]=[Sb]([O-])([O-])[F].[O]=[Sb]([O-])([O-])[F].[O]=[Sb]([O-])([O-])[F].[O]=[Sb]([O-])([O-])[F].[PH3+]c1ccccc1.[PH3+]c1ccccc1.[PH3+]c1ccccc1.[PH3+]c1ccccc1.[PH3+]c1ccccc1.[PH3+]c1ccccc1.[PH3+]c1ccccc1.[PH3+]c1ccccc1.[PH3+]c1ccccc1.[PH3+]c1ccccc1.[PH3+]c1ccccc1.[PH3+]c1ccccc1. The molecule has 12 atom stereocenters. The van der Waals surface area contributed by atoms with Crippen LogP contribution in [0.2, 0.25) is 0 Å². The Bertz CT molecular complexity index is 3410. The monoisotopic (exact) mass is 2460 g/mol. The average Bonchev–Trinajstić information content (AvgIpc) is 1.06. The minimum absolute atomic E-state index is 1.35. The second-order valence-corrected chi connectivity index (χ2v) is 45.0. The Morgan fingerprint density at radius 3 is 0.184 bits per heavy atom. The molecule has 0 aliphatic rings. The zero-order valence-corrected chi connectivity index (χ0v) is 93.7. The topological polar surface area (TPSA) is 379 Å². The maximum Gasteiger partial charge on any atom is 0.0865 e. The van der Waals surface area contributed by atoms with E-state index in [4.69, 9.17) is 58.7 Å². The molecule has 0 amide bonds. The molecule has 0 radical (unpaired) electrons. The molecule has 0 bridgehead atoms. The summed E-state index contributed by atoms with van der Waals surface area (Å²) in [5.41, 5.74) is 0. The van der Waals surface area contributed by atoms with Gasteiger partial charge >= 0.3 is 197 Å². The molecule has 114 heavy (non-hydrogen) atoms. The van der Waals surface area contributed by atoms with Crippen LogP contribution in [-0.4, -0.2) is 121 Å². The van der Waals surface area contributed by atoms with E-state index in [0.29, 0.717) is 0 Å². The number of halogens is 6. The minimum atomic E-state index is -6.35. The maximum atomic E-state index is 10.2. The third-order valence-electron chi connectivity index (χ3n) is 10.1. The summed E-state index contributed by atoms with van der Waals surface area (Å²) in [7, 11) is 22.8. The van der Waals surface area contributed by atoms with E-state index in [2.05, 4.69) is 146 Å². The molecule has 0 fully saturated rings. The van der Waals surface area contributed by atoms with Gasteiger partial charge in [-0.05, 0) is 146 Å². The molecule has 0 saturated heterocycles. The van der Waals surface area contributed by atoms with Crippen molar-refractivity contribution in [1.29, 1.82) is 0 Å². The Hall–Kier alpha value is -1.39. The third-order valence-corrected chi connectivity index (χ3v) is 15.8. The van der Waals surface area contributed by atoms with Gasteiger partial charge in [-0.15, -0.1) is 0 Å².